The zero-order valence-electron chi connectivity index (χ0n) is 14.4. The third kappa shape index (κ3) is 4.81. The van der Waals surface area contributed by atoms with Crippen LogP contribution in [-0.2, 0) is 4.74 Å². The Morgan fingerprint density at radius 1 is 1.38 bits per heavy atom. The van der Waals surface area contributed by atoms with E-state index in [1.807, 2.05) is 11.6 Å². The second-order valence-corrected chi connectivity index (χ2v) is 7.16. The third-order valence-corrected chi connectivity index (χ3v) is 5.43. The van der Waals surface area contributed by atoms with Gasteiger partial charge < -0.3 is 20.3 Å². The van der Waals surface area contributed by atoms with Gasteiger partial charge in [0.2, 0.25) is 0 Å². The molecule has 7 nitrogen and oxygen atoms in total. The SMILES string of the molecule is COCCN(CCN=C(N)N1CCN(c2nccs2)CC1)C1CC1. The van der Waals surface area contributed by atoms with Gasteiger partial charge in [0.15, 0.2) is 11.1 Å². The first-order valence-corrected chi connectivity index (χ1v) is 9.58. The van der Waals surface area contributed by atoms with Crippen LogP contribution in [0.15, 0.2) is 16.6 Å². The highest BCUT2D eigenvalue weighted by Gasteiger charge is 2.28. The summed E-state index contributed by atoms with van der Waals surface area (Å²) >= 11 is 1.69. The standard InChI is InChI=1S/C16H28N6OS/c1-23-12-11-20(14-2-3-14)6-4-18-15(17)21-7-9-22(10-8-21)16-19-5-13-24-16/h5,13-14H,2-4,6-12H2,1H3,(H2,17,18). The molecular weight excluding hydrogens is 324 g/mol. The minimum absolute atomic E-state index is 0.677. The Kier molecular flexibility index (Phi) is 6.28. The van der Waals surface area contributed by atoms with E-state index in [4.69, 9.17) is 10.5 Å². The number of guanidine groups is 1. The van der Waals surface area contributed by atoms with E-state index < -0.39 is 0 Å². The highest BCUT2D eigenvalue weighted by molar-refractivity contribution is 7.13. The lowest BCUT2D eigenvalue weighted by atomic mass is 10.3. The molecule has 1 aliphatic carbocycles. The first-order valence-electron chi connectivity index (χ1n) is 8.70. The molecule has 2 aliphatic rings. The van der Waals surface area contributed by atoms with Gasteiger partial charge in [-0.05, 0) is 12.8 Å². The van der Waals surface area contributed by atoms with Crippen LogP contribution in [0.3, 0.4) is 0 Å². The summed E-state index contributed by atoms with van der Waals surface area (Å²) in [5.74, 6) is 0.677. The highest BCUT2D eigenvalue weighted by Crippen LogP contribution is 2.26. The summed E-state index contributed by atoms with van der Waals surface area (Å²) < 4.78 is 5.19. The number of hydrogen-bond donors (Lipinski definition) is 1. The van der Waals surface area contributed by atoms with E-state index in [0.29, 0.717) is 5.96 Å². The number of piperazine rings is 1. The Balaban J connectivity index is 1.41. The van der Waals surface area contributed by atoms with Crippen LogP contribution in [-0.4, -0.2) is 86.3 Å². The molecule has 2 N–H and O–H groups in total. The van der Waals surface area contributed by atoms with Crippen LogP contribution in [0.2, 0.25) is 0 Å². The van der Waals surface area contributed by atoms with E-state index in [9.17, 15) is 0 Å². The Morgan fingerprint density at radius 3 is 2.79 bits per heavy atom. The first kappa shape index (κ1) is 17.4. The lowest BCUT2D eigenvalue weighted by molar-refractivity contribution is 0.145. The number of thiazole rings is 1. The van der Waals surface area contributed by atoms with Crippen molar-refractivity contribution in [3.05, 3.63) is 11.6 Å². The predicted molar refractivity (Wildman–Crippen MR) is 98.9 cm³/mol. The number of methoxy groups -OCH3 is 1. The van der Waals surface area contributed by atoms with Crippen molar-refractivity contribution in [1.29, 1.82) is 0 Å². The largest absolute Gasteiger partial charge is 0.383 e. The molecule has 0 unspecified atom stereocenters. The van der Waals surface area contributed by atoms with Crippen LogP contribution >= 0.6 is 11.3 Å². The van der Waals surface area contributed by atoms with Gasteiger partial charge in [0.25, 0.3) is 0 Å². The number of hydrogen-bond acceptors (Lipinski definition) is 6. The number of nitrogens with two attached hydrogens (primary N) is 1. The van der Waals surface area contributed by atoms with E-state index in [-0.39, 0.29) is 0 Å². The van der Waals surface area contributed by atoms with Crippen molar-refractivity contribution in [2.75, 3.05) is 64.4 Å². The molecule has 2 fully saturated rings. The van der Waals surface area contributed by atoms with E-state index >= 15 is 0 Å². The fraction of sp³-hybridized carbons (Fsp3) is 0.750. The molecule has 1 saturated heterocycles. The average molecular weight is 353 g/mol. The molecule has 1 aromatic heterocycles. The van der Waals surface area contributed by atoms with Gasteiger partial charge >= 0.3 is 0 Å². The van der Waals surface area contributed by atoms with Gasteiger partial charge in [-0.15, -0.1) is 11.3 Å². The molecule has 24 heavy (non-hydrogen) atoms. The summed E-state index contributed by atoms with van der Waals surface area (Å²) in [6.07, 6.45) is 4.47. The molecule has 134 valence electrons. The van der Waals surface area contributed by atoms with Crippen LogP contribution in [0.25, 0.3) is 0 Å². The maximum atomic E-state index is 6.19. The maximum absolute atomic E-state index is 6.19. The van der Waals surface area contributed by atoms with Gasteiger partial charge in [-0.2, -0.15) is 0 Å². The Hall–Kier alpha value is -1.38. The first-order chi connectivity index (χ1) is 11.8. The summed E-state index contributed by atoms with van der Waals surface area (Å²) in [5, 5.41) is 3.12. The third-order valence-electron chi connectivity index (χ3n) is 4.60. The van der Waals surface area contributed by atoms with Crippen LogP contribution in [0.1, 0.15) is 12.8 Å². The van der Waals surface area contributed by atoms with Crippen molar-refractivity contribution >= 4 is 22.4 Å². The van der Waals surface area contributed by atoms with E-state index in [1.54, 1.807) is 18.4 Å². The van der Waals surface area contributed by atoms with Gasteiger partial charge in [0.05, 0.1) is 13.2 Å². The van der Waals surface area contributed by atoms with Gasteiger partial charge in [0.1, 0.15) is 0 Å². The van der Waals surface area contributed by atoms with Crippen molar-refractivity contribution in [2.45, 2.75) is 18.9 Å². The van der Waals surface area contributed by atoms with Crippen LogP contribution in [0, 0.1) is 0 Å². The fourth-order valence-electron chi connectivity index (χ4n) is 3.02. The van der Waals surface area contributed by atoms with Crippen molar-refractivity contribution in [2.24, 2.45) is 10.7 Å². The van der Waals surface area contributed by atoms with Gasteiger partial charge in [-0.1, -0.05) is 0 Å². The second kappa shape index (κ2) is 8.64. The molecule has 1 aliphatic heterocycles. The molecule has 0 spiro atoms. The van der Waals surface area contributed by atoms with E-state index in [2.05, 4.69) is 24.7 Å². The molecule has 3 rings (SSSR count). The number of rotatable bonds is 8. The normalized spacial score (nSPS) is 19.3. The molecule has 0 radical (unpaired) electrons. The van der Waals surface area contributed by atoms with Crippen molar-refractivity contribution in [3.8, 4) is 0 Å². The number of nitrogens with zero attached hydrogens (tertiary/aromatic N) is 5. The minimum Gasteiger partial charge on any atom is -0.383 e. The van der Waals surface area contributed by atoms with Gasteiger partial charge in [0, 0.05) is 64.0 Å². The molecule has 8 heteroatoms. The topological polar surface area (TPSA) is 70.2 Å². The smallest absolute Gasteiger partial charge is 0.191 e. The molecule has 0 atom stereocenters. The van der Waals surface area contributed by atoms with Crippen LogP contribution in [0.4, 0.5) is 5.13 Å². The monoisotopic (exact) mass is 352 g/mol. The van der Waals surface area contributed by atoms with Crippen LogP contribution < -0.4 is 10.6 Å². The molecule has 1 saturated carbocycles. The lowest BCUT2D eigenvalue weighted by Gasteiger charge is -2.35. The Labute approximate surface area is 148 Å². The average Bonchev–Trinajstić information content (AvgIpc) is 3.31. The Morgan fingerprint density at radius 2 is 2.17 bits per heavy atom. The summed E-state index contributed by atoms with van der Waals surface area (Å²) in [6.45, 7) is 7.22. The molecule has 2 heterocycles. The van der Waals surface area contributed by atoms with E-state index in [0.717, 1.165) is 63.6 Å². The maximum Gasteiger partial charge on any atom is 0.191 e. The number of aliphatic imine (C=N–C) groups is 1. The van der Waals surface area contributed by atoms with Crippen LogP contribution in [0.5, 0.6) is 0 Å². The molecule has 0 aromatic carbocycles. The van der Waals surface area contributed by atoms with Crippen molar-refractivity contribution in [3.63, 3.8) is 0 Å². The molecular formula is C16H28N6OS. The number of aromatic nitrogens is 1. The molecule has 0 bridgehead atoms. The summed E-state index contributed by atoms with van der Waals surface area (Å²) in [5.41, 5.74) is 6.19. The molecule has 0 amide bonds. The van der Waals surface area contributed by atoms with Crippen molar-refractivity contribution < 1.29 is 4.74 Å². The summed E-state index contributed by atoms with van der Waals surface area (Å²) in [4.78, 5) is 15.9. The zero-order valence-corrected chi connectivity index (χ0v) is 15.2. The van der Waals surface area contributed by atoms with Crippen molar-refractivity contribution in [1.82, 2.24) is 14.8 Å². The lowest BCUT2D eigenvalue weighted by Crippen LogP contribution is -2.51. The van der Waals surface area contributed by atoms with E-state index in [1.165, 1.54) is 12.8 Å². The Bertz CT molecular complexity index is 511. The highest BCUT2D eigenvalue weighted by atomic mass is 32.1. The second-order valence-electron chi connectivity index (χ2n) is 6.29. The molecule has 1 aromatic rings. The minimum atomic E-state index is 0.677. The quantitative estimate of drug-likeness (QED) is 0.548. The summed E-state index contributed by atoms with van der Waals surface area (Å²) in [7, 11) is 1.76. The number of ether oxygens (including phenoxy) is 1. The fourth-order valence-corrected chi connectivity index (χ4v) is 3.71. The summed E-state index contributed by atoms with van der Waals surface area (Å²) in [6, 6.07) is 0.735. The zero-order chi connectivity index (χ0) is 16.8. The number of anilines is 1. The van der Waals surface area contributed by atoms with Gasteiger partial charge in [-0.25, -0.2) is 4.98 Å². The van der Waals surface area contributed by atoms with Gasteiger partial charge in [-0.3, -0.25) is 9.89 Å². The predicted octanol–water partition coefficient (Wildman–Crippen LogP) is 0.691.